The Balaban J connectivity index is 1.88. The van der Waals surface area contributed by atoms with E-state index in [-0.39, 0.29) is 17.7 Å². The maximum Gasteiger partial charge on any atom is 0.405 e. The SMILES string of the molecule is CC(O)C(NC(=O)O)C(=O)N[C@H]1CC[C@H](Oc2cc(=O)n(C)cc2Br)CC1. The number of rotatable bonds is 6. The largest absolute Gasteiger partial charge is 0.489 e. The molecule has 4 N–H and O–H groups in total. The van der Waals surface area contributed by atoms with Crippen LogP contribution in [0.1, 0.15) is 32.6 Å². The van der Waals surface area contributed by atoms with Crippen molar-refractivity contribution in [2.24, 2.45) is 7.05 Å². The number of aliphatic hydroxyl groups excluding tert-OH is 1. The number of amides is 2. The zero-order valence-corrected chi connectivity index (χ0v) is 16.7. The number of hydrogen-bond donors (Lipinski definition) is 4. The number of carboxylic acid groups (broad SMARTS) is 1. The highest BCUT2D eigenvalue weighted by Crippen LogP contribution is 2.28. The molecule has 0 aromatic carbocycles. The van der Waals surface area contributed by atoms with Crippen LogP contribution in [-0.4, -0.2) is 51.1 Å². The molecule has 2 amide bonds. The third kappa shape index (κ3) is 5.96. The number of ether oxygens (including phenoxy) is 1. The van der Waals surface area contributed by atoms with Gasteiger partial charge in [-0.05, 0) is 48.5 Å². The average Bonchev–Trinajstić information content (AvgIpc) is 2.58. The first kappa shape index (κ1) is 21.2. The highest BCUT2D eigenvalue weighted by atomic mass is 79.9. The summed E-state index contributed by atoms with van der Waals surface area (Å²) in [6.07, 6.45) is 1.72. The molecule has 1 aliphatic rings. The lowest BCUT2D eigenvalue weighted by molar-refractivity contribution is -0.126. The van der Waals surface area contributed by atoms with Crippen LogP contribution in [0.2, 0.25) is 0 Å². The predicted octanol–water partition coefficient (Wildman–Crippen LogP) is 0.971. The minimum Gasteiger partial charge on any atom is -0.489 e. The summed E-state index contributed by atoms with van der Waals surface area (Å²) in [5.74, 6) is -0.0588. The Bertz CT molecular complexity index is 743. The molecule has 1 heterocycles. The number of aliphatic hydroxyl groups is 1. The Kier molecular flexibility index (Phi) is 7.25. The molecule has 0 spiro atoms. The quantitative estimate of drug-likeness (QED) is 0.516. The third-order valence-corrected chi connectivity index (χ3v) is 5.10. The molecule has 27 heavy (non-hydrogen) atoms. The number of aryl methyl sites for hydroxylation is 1. The first-order valence-corrected chi connectivity index (χ1v) is 9.47. The van der Waals surface area contributed by atoms with Gasteiger partial charge in [-0.1, -0.05) is 0 Å². The van der Waals surface area contributed by atoms with Gasteiger partial charge in [0.05, 0.1) is 16.7 Å². The van der Waals surface area contributed by atoms with E-state index in [0.29, 0.717) is 35.9 Å². The van der Waals surface area contributed by atoms with Gasteiger partial charge in [0, 0.05) is 25.4 Å². The van der Waals surface area contributed by atoms with Crippen molar-refractivity contribution in [2.45, 2.75) is 56.9 Å². The van der Waals surface area contributed by atoms with Crippen LogP contribution in [0.5, 0.6) is 5.75 Å². The van der Waals surface area contributed by atoms with Crippen LogP contribution < -0.4 is 20.9 Å². The van der Waals surface area contributed by atoms with Gasteiger partial charge in [0.2, 0.25) is 5.91 Å². The molecule has 1 aromatic heterocycles. The molecular weight excluding hydrogens is 422 g/mol. The van der Waals surface area contributed by atoms with Gasteiger partial charge in [-0.15, -0.1) is 0 Å². The molecule has 0 bridgehead atoms. The van der Waals surface area contributed by atoms with Crippen molar-refractivity contribution in [3.05, 3.63) is 27.1 Å². The number of halogens is 1. The molecule has 0 aliphatic heterocycles. The molecule has 1 aliphatic carbocycles. The number of carbonyl (C=O) groups is 2. The molecule has 2 atom stereocenters. The lowest BCUT2D eigenvalue weighted by atomic mass is 9.92. The van der Waals surface area contributed by atoms with E-state index in [0.717, 1.165) is 0 Å². The van der Waals surface area contributed by atoms with Gasteiger partial charge in [-0.3, -0.25) is 9.59 Å². The topological polar surface area (TPSA) is 130 Å². The van der Waals surface area contributed by atoms with Gasteiger partial charge in [0.15, 0.2) is 0 Å². The Morgan fingerprint density at radius 3 is 2.52 bits per heavy atom. The van der Waals surface area contributed by atoms with Crippen LogP contribution in [0.4, 0.5) is 4.79 Å². The van der Waals surface area contributed by atoms with E-state index >= 15 is 0 Å². The number of aromatic nitrogens is 1. The Hall–Kier alpha value is -2.07. The molecule has 2 rings (SSSR count). The summed E-state index contributed by atoms with van der Waals surface area (Å²) in [5, 5.41) is 23.2. The van der Waals surface area contributed by atoms with Crippen LogP contribution >= 0.6 is 15.9 Å². The van der Waals surface area contributed by atoms with Gasteiger partial charge in [-0.2, -0.15) is 0 Å². The van der Waals surface area contributed by atoms with Gasteiger partial charge >= 0.3 is 6.09 Å². The van der Waals surface area contributed by atoms with E-state index in [9.17, 15) is 19.5 Å². The van der Waals surface area contributed by atoms with Crippen molar-refractivity contribution in [2.75, 3.05) is 0 Å². The van der Waals surface area contributed by atoms with Crippen molar-refractivity contribution in [3.8, 4) is 5.75 Å². The molecule has 0 radical (unpaired) electrons. The Morgan fingerprint density at radius 1 is 1.33 bits per heavy atom. The second-order valence-electron chi connectivity index (χ2n) is 6.70. The number of hydrogen-bond acceptors (Lipinski definition) is 5. The van der Waals surface area contributed by atoms with Crippen molar-refractivity contribution in [1.82, 2.24) is 15.2 Å². The number of nitrogens with zero attached hydrogens (tertiary/aromatic N) is 1. The fraction of sp³-hybridized carbons (Fsp3) is 0.588. The summed E-state index contributed by atoms with van der Waals surface area (Å²) in [6, 6.07) is 0.0946. The van der Waals surface area contributed by atoms with Crippen LogP contribution in [0, 0.1) is 0 Å². The summed E-state index contributed by atoms with van der Waals surface area (Å²) in [5.41, 5.74) is -0.163. The summed E-state index contributed by atoms with van der Waals surface area (Å²) in [4.78, 5) is 34.7. The van der Waals surface area contributed by atoms with Crippen LogP contribution in [-0.2, 0) is 11.8 Å². The van der Waals surface area contributed by atoms with Gasteiger partial charge in [0.1, 0.15) is 11.8 Å². The maximum absolute atomic E-state index is 12.2. The molecule has 150 valence electrons. The number of nitrogens with one attached hydrogen (secondary N) is 2. The first-order valence-electron chi connectivity index (χ1n) is 8.68. The van der Waals surface area contributed by atoms with E-state index in [4.69, 9.17) is 9.84 Å². The summed E-state index contributed by atoms with van der Waals surface area (Å²) in [6.45, 7) is 1.35. The Labute approximate surface area is 164 Å². The number of carbonyl (C=O) groups excluding carboxylic acids is 1. The molecule has 10 heteroatoms. The van der Waals surface area contributed by atoms with E-state index in [1.54, 1.807) is 13.2 Å². The third-order valence-electron chi connectivity index (χ3n) is 4.50. The van der Waals surface area contributed by atoms with E-state index in [1.165, 1.54) is 17.6 Å². The van der Waals surface area contributed by atoms with Crippen LogP contribution in [0.3, 0.4) is 0 Å². The fourth-order valence-corrected chi connectivity index (χ4v) is 3.52. The van der Waals surface area contributed by atoms with Crippen molar-refractivity contribution in [1.29, 1.82) is 0 Å². The standard InChI is InChI=1S/C17H24BrN3O6/c1-9(22)15(20-17(25)26)16(24)19-10-3-5-11(6-4-10)27-13-7-14(23)21(2)8-12(13)18/h7-11,15,20,22H,3-6H2,1-2H3,(H,19,24)(H,25,26)/t9?,10-,11-,15?. The second-order valence-corrected chi connectivity index (χ2v) is 7.56. The van der Waals surface area contributed by atoms with E-state index in [1.807, 2.05) is 5.32 Å². The Morgan fingerprint density at radius 2 is 1.96 bits per heavy atom. The monoisotopic (exact) mass is 445 g/mol. The van der Waals surface area contributed by atoms with Gasteiger partial charge in [0.25, 0.3) is 5.56 Å². The second kappa shape index (κ2) is 9.23. The zero-order valence-electron chi connectivity index (χ0n) is 15.1. The molecule has 9 nitrogen and oxygen atoms in total. The summed E-state index contributed by atoms with van der Waals surface area (Å²) >= 11 is 3.38. The first-order chi connectivity index (χ1) is 12.7. The zero-order chi connectivity index (χ0) is 20.1. The summed E-state index contributed by atoms with van der Waals surface area (Å²) < 4.78 is 8.06. The van der Waals surface area contributed by atoms with Crippen molar-refractivity contribution >= 4 is 27.9 Å². The lowest BCUT2D eigenvalue weighted by Gasteiger charge is -2.31. The summed E-state index contributed by atoms with van der Waals surface area (Å²) in [7, 11) is 1.66. The molecule has 0 saturated heterocycles. The molecule has 1 saturated carbocycles. The highest BCUT2D eigenvalue weighted by molar-refractivity contribution is 9.10. The lowest BCUT2D eigenvalue weighted by Crippen LogP contribution is -2.54. The smallest absolute Gasteiger partial charge is 0.405 e. The predicted molar refractivity (Wildman–Crippen MR) is 101 cm³/mol. The van der Waals surface area contributed by atoms with E-state index in [2.05, 4.69) is 21.2 Å². The minimum absolute atomic E-state index is 0.0775. The van der Waals surface area contributed by atoms with Crippen molar-refractivity contribution < 1.29 is 24.5 Å². The average molecular weight is 446 g/mol. The molecule has 2 unspecified atom stereocenters. The molecule has 1 aromatic rings. The van der Waals surface area contributed by atoms with Crippen LogP contribution in [0.15, 0.2) is 21.5 Å². The fourth-order valence-electron chi connectivity index (χ4n) is 3.00. The van der Waals surface area contributed by atoms with Gasteiger partial charge < -0.3 is 30.2 Å². The normalized spacial score (nSPS) is 21.8. The highest BCUT2D eigenvalue weighted by Gasteiger charge is 2.30. The van der Waals surface area contributed by atoms with Crippen molar-refractivity contribution in [3.63, 3.8) is 0 Å². The maximum atomic E-state index is 12.2. The molecular formula is C17H24BrN3O6. The molecule has 1 fully saturated rings. The van der Waals surface area contributed by atoms with Gasteiger partial charge in [-0.25, -0.2) is 4.79 Å². The number of pyridine rings is 1. The van der Waals surface area contributed by atoms with Crippen LogP contribution in [0.25, 0.3) is 0 Å². The minimum atomic E-state index is -1.37. The van der Waals surface area contributed by atoms with E-state index < -0.39 is 24.1 Å².